The van der Waals surface area contributed by atoms with Gasteiger partial charge in [-0.15, -0.1) is 11.3 Å². The van der Waals surface area contributed by atoms with Gasteiger partial charge in [0.05, 0.1) is 5.52 Å². The van der Waals surface area contributed by atoms with Gasteiger partial charge in [-0.1, -0.05) is 115 Å². The van der Waals surface area contributed by atoms with Crippen molar-refractivity contribution < 1.29 is 0 Å². The molecule has 0 aliphatic heterocycles. The molecule has 0 fully saturated rings. The lowest BCUT2D eigenvalue weighted by atomic mass is 9.77. The molecule has 9 rings (SSSR count). The lowest BCUT2D eigenvalue weighted by molar-refractivity contribution is 1.41. The average molecular weight is 538 g/mol. The minimum absolute atomic E-state index is 1.01. The molecule has 0 unspecified atom stereocenters. The number of rotatable bonds is 1. The highest BCUT2D eigenvalue weighted by Gasteiger charge is 2.26. The Morgan fingerprint density at radius 3 is 1.80 bits per heavy atom. The zero-order valence-corrected chi connectivity index (χ0v) is 23.0. The molecule has 0 spiro atoms. The topological polar surface area (TPSA) is 12.9 Å². The first-order valence-electron chi connectivity index (χ1n) is 14.0. The second-order valence-electron chi connectivity index (χ2n) is 10.7. The van der Waals surface area contributed by atoms with Crippen LogP contribution in [0, 0.1) is 0 Å². The molecule has 0 N–H and O–H groups in total. The maximum Gasteiger partial charge on any atom is 0.0708 e. The molecule has 41 heavy (non-hydrogen) atoms. The van der Waals surface area contributed by atoms with E-state index in [0.29, 0.717) is 0 Å². The van der Waals surface area contributed by atoms with E-state index < -0.39 is 0 Å². The average Bonchev–Trinajstić information content (AvgIpc) is 3.42. The van der Waals surface area contributed by atoms with Crippen molar-refractivity contribution in [3.63, 3.8) is 0 Å². The Morgan fingerprint density at radius 1 is 0.366 bits per heavy atom. The van der Waals surface area contributed by atoms with Gasteiger partial charge in [-0.05, 0) is 68.3 Å². The molecule has 2 heterocycles. The van der Waals surface area contributed by atoms with Gasteiger partial charge in [0.2, 0.25) is 0 Å². The largest absolute Gasteiger partial charge is 0.256 e. The zero-order valence-electron chi connectivity index (χ0n) is 22.1. The summed E-state index contributed by atoms with van der Waals surface area (Å²) < 4.78 is 2.66. The molecule has 1 aliphatic carbocycles. The molecule has 0 saturated carbocycles. The second kappa shape index (κ2) is 8.72. The van der Waals surface area contributed by atoms with E-state index in [-0.39, 0.29) is 0 Å². The van der Waals surface area contributed by atoms with Crippen LogP contribution in [0.2, 0.25) is 0 Å². The Balaban J connectivity index is 1.49. The number of hydrogen-bond acceptors (Lipinski definition) is 2. The molecule has 0 bridgehead atoms. The molecule has 1 aliphatic rings. The van der Waals surface area contributed by atoms with E-state index >= 15 is 0 Å². The number of benzene rings is 6. The monoisotopic (exact) mass is 537 g/mol. The highest BCUT2D eigenvalue weighted by atomic mass is 32.1. The Kier molecular flexibility index (Phi) is 4.84. The standard InChI is InChI=1S/C39H23NS/c1-2-11-26-24(10-1)25-12-3-4-14-28(25)38-33-19-9-23-40-35(33)22-21-34(38)37-29(26)15-7-16-30(37)32-18-8-17-31-27-13-5-6-20-36(27)41-39(31)32/h1-23H. The fourth-order valence-electron chi connectivity index (χ4n) is 6.79. The molecule has 0 amide bonds. The number of pyridine rings is 1. The van der Waals surface area contributed by atoms with E-state index in [2.05, 4.69) is 133 Å². The number of aromatic nitrogens is 1. The normalized spacial score (nSPS) is 11.9. The summed E-state index contributed by atoms with van der Waals surface area (Å²) in [7, 11) is 0. The van der Waals surface area contributed by atoms with E-state index in [1.807, 2.05) is 17.5 Å². The first kappa shape index (κ1) is 22.7. The van der Waals surface area contributed by atoms with Crippen LogP contribution in [0.25, 0.3) is 86.7 Å². The molecule has 190 valence electrons. The van der Waals surface area contributed by atoms with Crippen LogP contribution in [-0.2, 0) is 0 Å². The minimum Gasteiger partial charge on any atom is -0.256 e. The Morgan fingerprint density at radius 2 is 0.951 bits per heavy atom. The fourth-order valence-corrected chi connectivity index (χ4v) is 8.02. The minimum atomic E-state index is 1.01. The van der Waals surface area contributed by atoms with E-state index in [1.54, 1.807) is 0 Å². The summed E-state index contributed by atoms with van der Waals surface area (Å²) in [6.45, 7) is 0. The van der Waals surface area contributed by atoms with Crippen molar-refractivity contribution in [3.8, 4) is 55.6 Å². The molecular weight excluding hydrogens is 515 g/mol. The van der Waals surface area contributed by atoms with Crippen LogP contribution in [0.5, 0.6) is 0 Å². The second-order valence-corrected chi connectivity index (χ2v) is 11.7. The van der Waals surface area contributed by atoms with Gasteiger partial charge in [-0.2, -0.15) is 0 Å². The lowest BCUT2D eigenvalue weighted by Gasteiger charge is -2.26. The summed E-state index contributed by atoms with van der Waals surface area (Å²) in [5.41, 5.74) is 13.6. The van der Waals surface area contributed by atoms with Crippen molar-refractivity contribution >= 4 is 42.4 Å². The number of nitrogens with zero attached hydrogens (tertiary/aromatic N) is 1. The van der Waals surface area contributed by atoms with Crippen LogP contribution in [0.15, 0.2) is 140 Å². The third-order valence-electron chi connectivity index (χ3n) is 8.52. The van der Waals surface area contributed by atoms with Gasteiger partial charge >= 0.3 is 0 Å². The van der Waals surface area contributed by atoms with Crippen LogP contribution in [0.3, 0.4) is 0 Å². The summed E-state index contributed by atoms with van der Waals surface area (Å²) in [6, 6.07) is 48.9. The van der Waals surface area contributed by atoms with Crippen LogP contribution in [0.1, 0.15) is 0 Å². The van der Waals surface area contributed by atoms with Gasteiger partial charge in [0.15, 0.2) is 0 Å². The Labute approximate surface area is 242 Å². The molecule has 2 aromatic heterocycles. The van der Waals surface area contributed by atoms with Crippen LogP contribution in [-0.4, -0.2) is 4.98 Å². The van der Waals surface area contributed by atoms with E-state index in [0.717, 1.165) is 5.52 Å². The van der Waals surface area contributed by atoms with Crippen molar-refractivity contribution in [1.29, 1.82) is 0 Å². The van der Waals surface area contributed by atoms with E-state index in [4.69, 9.17) is 4.98 Å². The highest BCUT2D eigenvalue weighted by Crippen LogP contribution is 2.53. The predicted molar refractivity (Wildman–Crippen MR) is 175 cm³/mol. The molecular formula is C39H23NS. The zero-order chi connectivity index (χ0) is 26.9. The van der Waals surface area contributed by atoms with Gasteiger partial charge in [0.25, 0.3) is 0 Å². The van der Waals surface area contributed by atoms with E-state index in [1.165, 1.54) is 81.2 Å². The van der Waals surface area contributed by atoms with Gasteiger partial charge in [0, 0.05) is 37.3 Å². The summed E-state index contributed by atoms with van der Waals surface area (Å²) >= 11 is 1.89. The third-order valence-corrected chi connectivity index (χ3v) is 9.74. The summed E-state index contributed by atoms with van der Waals surface area (Å²) in [5.74, 6) is 0. The number of fused-ring (bicyclic) bond motifs is 13. The molecule has 0 atom stereocenters. The van der Waals surface area contributed by atoms with Crippen molar-refractivity contribution in [1.82, 2.24) is 4.98 Å². The van der Waals surface area contributed by atoms with Crippen molar-refractivity contribution in [3.05, 3.63) is 140 Å². The van der Waals surface area contributed by atoms with Gasteiger partial charge in [-0.3, -0.25) is 4.98 Å². The van der Waals surface area contributed by atoms with E-state index in [9.17, 15) is 0 Å². The lowest BCUT2D eigenvalue weighted by Crippen LogP contribution is -2.00. The molecule has 6 aromatic carbocycles. The SMILES string of the molecule is c1ccc2c(c1)-c1ccccc1-c1c(ccc3ncccc13)-c1c-2cccc1-c1cccc2c1sc1ccccc12. The smallest absolute Gasteiger partial charge is 0.0708 e. The summed E-state index contributed by atoms with van der Waals surface area (Å²) in [6.07, 6.45) is 1.89. The van der Waals surface area contributed by atoms with Crippen LogP contribution >= 0.6 is 11.3 Å². The quantitative estimate of drug-likeness (QED) is 0.203. The summed E-state index contributed by atoms with van der Waals surface area (Å²) in [4.78, 5) is 4.76. The predicted octanol–water partition coefficient (Wildman–Crippen LogP) is 11.3. The van der Waals surface area contributed by atoms with Gasteiger partial charge < -0.3 is 0 Å². The molecule has 2 heteroatoms. The molecule has 8 aromatic rings. The maximum absolute atomic E-state index is 4.76. The summed E-state index contributed by atoms with van der Waals surface area (Å²) in [5, 5.41) is 3.82. The Bertz CT molecular complexity index is 2320. The number of hydrogen-bond donors (Lipinski definition) is 0. The van der Waals surface area contributed by atoms with Crippen LogP contribution in [0.4, 0.5) is 0 Å². The molecule has 1 nitrogen and oxygen atoms in total. The fraction of sp³-hybridized carbons (Fsp3) is 0. The highest BCUT2D eigenvalue weighted by molar-refractivity contribution is 7.26. The number of thiophene rings is 1. The molecule has 0 radical (unpaired) electrons. The van der Waals surface area contributed by atoms with Crippen molar-refractivity contribution in [2.45, 2.75) is 0 Å². The van der Waals surface area contributed by atoms with Gasteiger partial charge in [-0.25, -0.2) is 0 Å². The van der Waals surface area contributed by atoms with Crippen molar-refractivity contribution in [2.75, 3.05) is 0 Å². The Hall–Kier alpha value is -5.05. The maximum atomic E-state index is 4.76. The first-order valence-corrected chi connectivity index (χ1v) is 14.8. The molecule has 0 saturated heterocycles. The first-order chi connectivity index (χ1) is 20.4. The van der Waals surface area contributed by atoms with Gasteiger partial charge in [0.1, 0.15) is 0 Å². The van der Waals surface area contributed by atoms with Crippen LogP contribution < -0.4 is 0 Å². The van der Waals surface area contributed by atoms with Crippen molar-refractivity contribution in [2.24, 2.45) is 0 Å². The third kappa shape index (κ3) is 3.26.